The van der Waals surface area contributed by atoms with E-state index in [2.05, 4.69) is 54.4 Å². The summed E-state index contributed by atoms with van der Waals surface area (Å²) in [5.41, 5.74) is 2.23. The first-order valence-corrected chi connectivity index (χ1v) is 8.09. The van der Waals surface area contributed by atoms with Gasteiger partial charge in [-0.3, -0.25) is 0 Å². The summed E-state index contributed by atoms with van der Waals surface area (Å²) in [5, 5.41) is 2.57. The smallest absolute Gasteiger partial charge is 0.168 e. The van der Waals surface area contributed by atoms with Crippen molar-refractivity contribution in [2.75, 3.05) is 11.9 Å². The Labute approximate surface area is 132 Å². The molecule has 3 heteroatoms. The Balaban J connectivity index is 1.86. The quantitative estimate of drug-likeness (QED) is 0.399. The van der Waals surface area contributed by atoms with E-state index in [1.807, 2.05) is 18.2 Å². The van der Waals surface area contributed by atoms with Crippen LogP contribution >= 0.6 is 11.3 Å². The molecule has 0 atom stereocenters. The van der Waals surface area contributed by atoms with Crippen LogP contribution in [0.3, 0.4) is 0 Å². The summed E-state index contributed by atoms with van der Waals surface area (Å²) in [7, 11) is 2.10. The van der Waals surface area contributed by atoms with Crippen LogP contribution < -0.4 is 9.64 Å². The molecule has 0 N–H and O–H groups in total. The van der Waals surface area contributed by atoms with Crippen molar-refractivity contribution in [3.05, 3.63) is 60.7 Å². The normalized spacial score (nSPS) is 13.0. The maximum atomic E-state index is 6.26. The predicted octanol–water partition coefficient (Wildman–Crippen LogP) is 5.93. The number of hydrogen-bond donors (Lipinski definition) is 0. The number of nitrogens with zero attached hydrogens (tertiary/aromatic N) is 1. The van der Waals surface area contributed by atoms with Crippen molar-refractivity contribution in [1.82, 2.24) is 0 Å². The average Bonchev–Trinajstić information content (AvgIpc) is 2.94. The van der Waals surface area contributed by atoms with Crippen LogP contribution in [0.25, 0.3) is 20.2 Å². The fraction of sp³-hybridized carbons (Fsp3) is 0.0526. The molecule has 5 rings (SSSR count). The fourth-order valence-electron chi connectivity index (χ4n) is 3.18. The first-order valence-electron chi connectivity index (χ1n) is 7.28. The first kappa shape index (κ1) is 12.1. The van der Waals surface area contributed by atoms with Gasteiger partial charge in [0, 0.05) is 22.5 Å². The summed E-state index contributed by atoms with van der Waals surface area (Å²) in [6.45, 7) is 0. The molecule has 0 aliphatic carbocycles. The molecule has 4 aromatic rings. The van der Waals surface area contributed by atoms with Gasteiger partial charge in [0.05, 0.1) is 16.1 Å². The minimum absolute atomic E-state index is 0.919. The zero-order valence-electron chi connectivity index (χ0n) is 12.0. The van der Waals surface area contributed by atoms with Crippen molar-refractivity contribution in [2.24, 2.45) is 0 Å². The van der Waals surface area contributed by atoms with Crippen molar-refractivity contribution in [3.63, 3.8) is 0 Å². The highest BCUT2D eigenvalue weighted by Gasteiger charge is 2.24. The molecular formula is C19H13NOS. The molecule has 1 aromatic heterocycles. The Morgan fingerprint density at radius 3 is 2.59 bits per heavy atom. The molecule has 0 unspecified atom stereocenters. The van der Waals surface area contributed by atoms with Gasteiger partial charge in [-0.2, -0.15) is 0 Å². The number of thiophene rings is 1. The van der Waals surface area contributed by atoms with Gasteiger partial charge in [-0.25, -0.2) is 0 Å². The summed E-state index contributed by atoms with van der Waals surface area (Å²) in [6.07, 6.45) is 0. The lowest BCUT2D eigenvalue weighted by Gasteiger charge is -2.29. The van der Waals surface area contributed by atoms with Crippen LogP contribution in [0.1, 0.15) is 0 Å². The van der Waals surface area contributed by atoms with Gasteiger partial charge in [-0.05, 0) is 24.3 Å². The third-order valence-electron chi connectivity index (χ3n) is 4.28. The van der Waals surface area contributed by atoms with Crippen LogP contribution in [0.15, 0.2) is 60.7 Å². The second kappa shape index (κ2) is 4.24. The number of ether oxygens (including phenoxy) is 1. The largest absolute Gasteiger partial charge is 0.451 e. The van der Waals surface area contributed by atoms with Gasteiger partial charge in [0.15, 0.2) is 11.5 Å². The predicted molar refractivity (Wildman–Crippen MR) is 93.9 cm³/mol. The third-order valence-corrected chi connectivity index (χ3v) is 5.47. The average molecular weight is 303 g/mol. The molecule has 0 saturated carbocycles. The van der Waals surface area contributed by atoms with E-state index in [0.717, 1.165) is 22.9 Å². The molecule has 1 aliphatic heterocycles. The number of fused-ring (bicyclic) bond motifs is 6. The van der Waals surface area contributed by atoms with Gasteiger partial charge in [0.2, 0.25) is 0 Å². The highest BCUT2D eigenvalue weighted by atomic mass is 32.1. The number of benzene rings is 3. The van der Waals surface area contributed by atoms with E-state index in [-0.39, 0.29) is 0 Å². The van der Waals surface area contributed by atoms with Crippen molar-refractivity contribution in [1.29, 1.82) is 0 Å². The summed E-state index contributed by atoms with van der Waals surface area (Å²) < 4.78 is 8.78. The van der Waals surface area contributed by atoms with Crippen molar-refractivity contribution < 1.29 is 4.74 Å². The van der Waals surface area contributed by atoms with Gasteiger partial charge >= 0.3 is 0 Å². The van der Waals surface area contributed by atoms with Crippen molar-refractivity contribution in [3.8, 4) is 11.5 Å². The van der Waals surface area contributed by atoms with Crippen molar-refractivity contribution in [2.45, 2.75) is 0 Å². The Bertz CT molecular complexity index is 1030. The van der Waals surface area contributed by atoms with Gasteiger partial charge in [0.25, 0.3) is 0 Å². The molecular weight excluding hydrogens is 290 g/mol. The molecule has 2 heterocycles. The Morgan fingerprint density at radius 1 is 0.818 bits per heavy atom. The molecule has 22 heavy (non-hydrogen) atoms. The minimum atomic E-state index is 0.919. The standard InChI is InChI=1S/C19H13NOS/c1-20-14-7-3-4-8-16(14)21-18-15(20)11-10-13-12-6-2-5-9-17(12)22-19(13)18/h2-11H,1H3. The lowest BCUT2D eigenvalue weighted by molar-refractivity contribution is 0.482. The maximum absolute atomic E-state index is 6.26. The SMILES string of the molecule is CN1c2ccccc2Oc2c1ccc1c2sc2ccccc21. The Morgan fingerprint density at radius 2 is 1.64 bits per heavy atom. The summed E-state index contributed by atoms with van der Waals surface area (Å²) in [5.74, 6) is 1.89. The van der Waals surface area contributed by atoms with Crippen LogP contribution in [0, 0.1) is 0 Å². The number of anilines is 2. The Kier molecular flexibility index (Phi) is 2.33. The van der Waals surface area contributed by atoms with Crippen LogP contribution in [0.5, 0.6) is 11.5 Å². The van der Waals surface area contributed by atoms with Gasteiger partial charge in [0.1, 0.15) is 0 Å². The van der Waals surface area contributed by atoms with Crippen LogP contribution in [0.4, 0.5) is 11.4 Å². The lowest BCUT2D eigenvalue weighted by atomic mass is 10.1. The molecule has 0 fully saturated rings. The van der Waals surface area contributed by atoms with E-state index in [9.17, 15) is 0 Å². The zero-order chi connectivity index (χ0) is 14.7. The molecule has 2 nitrogen and oxygen atoms in total. The van der Waals surface area contributed by atoms with Gasteiger partial charge in [-0.1, -0.05) is 36.4 Å². The van der Waals surface area contributed by atoms with E-state index in [4.69, 9.17) is 4.74 Å². The monoisotopic (exact) mass is 303 g/mol. The third kappa shape index (κ3) is 1.49. The Hall–Kier alpha value is -2.52. The number of hydrogen-bond acceptors (Lipinski definition) is 3. The maximum Gasteiger partial charge on any atom is 0.168 e. The fourth-order valence-corrected chi connectivity index (χ4v) is 4.36. The highest BCUT2D eigenvalue weighted by molar-refractivity contribution is 7.26. The number of para-hydroxylation sites is 2. The molecule has 0 saturated heterocycles. The lowest BCUT2D eigenvalue weighted by Crippen LogP contribution is -2.15. The van der Waals surface area contributed by atoms with Gasteiger partial charge < -0.3 is 9.64 Å². The topological polar surface area (TPSA) is 12.5 Å². The van der Waals surface area contributed by atoms with E-state index in [1.54, 1.807) is 11.3 Å². The first-order chi connectivity index (χ1) is 10.8. The summed E-state index contributed by atoms with van der Waals surface area (Å²) in [4.78, 5) is 2.21. The van der Waals surface area contributed by atoms with Crippen LogP contribution in [0.2, 0.25) is 0 Å². The second-order valence-electron chi connectivity index (χ2n) is 5.52. The summed E-state index contributed by atoms with van der Waals surface area (Å²) in [6, 6.07) is 21.1. The second-order valence-corrected chi connectivity index (χ2v) is 6.57. The molecule has 106 valence electrons. The van der Waals surface area contributed by atoms with E-state index in [1.165, 1.54) is 20.2 Å². The van der Waals surface area contributed by atoms with Crippen LogP contribution in [-0.2, 0) is 0 Å². The van der Waals surface area contributed by atoms with E-state index >= 15 is 0 Å². The molecule has 1 aliphatic rings. The van der Waals surface area contributed by atoms with E-state index < -0.39 is 0 Å². The molecule has 0 radical (unpaired) electrons. The van der Waals surface area contributed by atoms with Gasteiger partial charge in [-0.15, -0.1) is 11.3 Å². The molecule has 0 spiro atoms. The molecule has 0 amide bonds. The number of rotatable bonds is 0. The highest BCUT2D eigenvalue weighted by Crippen LogP contribution is 2.51. The molecule has 3 aromatic carbocycles. The van der Waals surface area contributed by atoms with Crippen LogP contribution in [-0.4, -0.2) is 7.05 Å². The minimum Gasteiger partial charge on any atom is -0.451 e. The molecule has 0 bridgehead atoms. The zero-order valence-corrected chi connectivity index (χ0v) is 12.9. The van der Waals surface area contributed by atoms with E-state index in [0.29, 0.717) is 0 Å². The summed E-state index contributed by atoms with van der Waals surface area (Å²) >= 11 is 1.80. The van der Waals surface area contributed by atoms with Crippen molar-refractivity contribution >= 4 is 42.9 Å².